The molecule has 34 heavy (non-hydrogen) atoms. The van der Waals surface area contributed by atoms with Gasteiger partial charge in [-0.1, -0.05) is 12.1 Å². The summed E-state index contributed by atoms with van der Waals surface area (Å²) in [6, 6.07) is 13.7. The number of carboxylic acid groups (broad SMARTS) is 2. The summed E-state index contributed by atoms with van der Waals surface area (Å²) in [6.45, 7) is 1.33. The van der Waals surface area contributed by atoms with Gasteiger partial charge in [-0.25, -0.2) is 24.5 Å². The molecule has 0 fully saturated rings. The fraction of sp³-hybridized carbons (Fsp3) is 0.0870. The molecule has 0 radical (unpaired) electrons. The van der Waals surface area contributed by atoms with Crippen LogP contribution in [0.25, 0.3) is 10.6 Å². The number of benzene rings is 1. The van der Waals surface area contributed by atoms with Crippen LogP contribution in [0.2, 0.25) is 0 Å². The summed E-state index contributed by atoms with van der Waals surface area (Å²) in [5.41, 5.74) is 1.79. The molecular formula is C23H21N5O5S. The van der Waals surface area contributed by atoms with Gasteiger partial charge in [-0.05, 0) is 29.6 Å². The van der Waals surface area contributed by atoms with Crippen LogP contribution < -0.4 is 10.1 Å². The Kier molecular flexibility index (Phi) is 8.88. The lowest BCUT2D eigenvalue weighted by atomic mass is 10.3. The van der Waals surface area contributed by atoms with Crippen molar-refractivity contribution < 1.29 is 24.5 Å². The number of thiophene rings is 1. The Morgan fingerprint density at radius 1 is 1.09 bits per heavy atom. The van der Waals surface area contributed by atoms with Crippen molar-refractivity contribution in [3.63, 3.8) is 0 Å². The fourth-order valence-corrected chi connectivity index (χ4v) is 3.30. The predicted octanol–water partition coefficient (Wildman–Crippen LogP) is 3.94. The molecule has 0 aliphatic rings. The number of carbonyl (C=O) groups is 2. The van der Waals surface area contributed by atoms with Crippen molar-refractivity contribution in [2.24, 2.45) is 0 Å². The van der Waals surface area contributed by atoms with Crippen LogP contribution in [0, 0.1) is 0 Å². The van der Waals surface area contributed by atoms with Gasteiger partial charge < -0.3 is 24.8 Å². The Labute approximate surface area is 198 Å². The smallest absolute Gasteiger partial charge is 0.328 e. The second-order valence-electron chi connectivity index (χ2n) is 6.55. The van der Waals surface area contributed by atoms with Crippen molar-refractivity contribution in [3.05, 3.63) is 84.9 Å². The van der Waals surface area contributed by atoms with Gasteiger partial charge in [-0.3, -0.25) is 0 Å². The lowest BCUT2D eigenvalue weighted by Crippen LogP contribution is -2.06. The molecule has 0 aliphatic heterocycles. The van der Waals surface area contributed by atoms with Crippen LogP contribution in [-0.4, -0.2) is 48.3 Å². The highest BCUT2D eigenvalue weighted by molar-refractivity contribution is 7.13. The number of imidazole rings is 1. The van der Waals surface area contributed by atoms with Gasteiger partial charge in [0.1, 0.15) is 12.4 Å². The zero-order chi connectivity index (χ0) is 24.2. The monoisotopic (exact) mass is 479 g/mol. The van der Waals surface area contributed by atoms with Gasteiger partial charge in [0.05, 0.1) is 23.4 Å². The molecule has 11 heteroatoms. The molecule has 0 aliphatic carbocycles. The Balaban J connectivity index is 0.000000350. The van der Waals surface area contributed by atoms with Crippen LogP contribution in [0.4, 0.5) is 11.6 Å². The van der Waals surface area contributed by atoms with E-state index in [9.17, 15) is 9.59 Å². The molecule has 0 spiro atoms. The second kappa shape index (κ2) is 12.5. The number of aliphatic carboxylic acids is 2. The molecule has 3 aromatic heterocycles. The van der Waals surface area contributed by atoms with E-state index < -0.39 is 11.9 Å². The van der Waals surface area contributed by atoms with E-state index >= 15 is 0 Å². The minimum absolute atomic E-state index is 0.558. The van der Waals surface area contributed by atoms with Crippen LogP contribution in [-0.2, 0) is 16.1 Å². The number of anilines is 2. The standard InChI is InChI=1S/C19H17N5OS.C4H4O4/c1-3-15(13-16(4-1)25-11-10-24-9-8-20-14-24)22-19-21-7-6-17(23-19)18-5-2-12-26-18;5-3(6)1-2-4(7)8/h1-9,12-14H,10-11H2,(H,21,22,23);1-2H,(H,5,6)(H,7,8)/b;2-1+. The average Bonchev–Trinajstić information content (AvgIpc) is 3.53. The van der Waals surface area contributed by atoms with E-state index in [2.05, 4.69) is 20.3 Å². The summed E-state index contributed by atoms with van der Waals surface area (Å²) in [6.07, 6.45) is 8.33. The van der Waals surface area contributed by atoms with Crippen LogP contribution >= 0.6 is 11.3 Å². The Bertz CT molecular complexity index is 1210. The molecule has 4 aromatic rings. The van der Waals surface area contributed by atoms with E-state index in [1.807, 2.05) is 58.6 Å². The second-order valence-corrected chi connectivity index (χ2v) is 7.50. The quantitative estimate of drug-likeness (QED) is 0.305. The number of hydrogen-bond acceptors (Lipinski definition) is 8. The first-order valence-corrected chi connectivity index (χ1v) is 10.8. The molecular weight excluding hydrogens is 458 g/mol. The van der Waals surface area contributed by atoms with Gasteiger partial charge in [-0.15, -0.1) is 11.3 Å². The zero-order valence-electron chi connectivity index (χ0n) is 17.8. The van der Waals surface area contributed by atoms with E-state index in [1.165, 1.54) is 0 Å². The molecule has 0 unspecified atom stereocenters. The minimum atomic E-state index is -1.26. The fourth-order valence-electron chi connectivity index (χ4n) is 2.60. The van der Waals surface area contributed by atoms with Gasteiger partial charge in [0.2, 0.25) is 5.95 Å². The lowest BCUT2D eigenvalue weighted by Gasteiger charge is -2.10. The molecule has 0 atom stereocenters. The molecule has 0 amide bonds. The third-order valence-electron chi connectivity index (χ3n) is 4.07. The van der Waals surface area contributed by atoms with Crippen molar-refractivity contribution in [3.8, 4) is 16.3 Å². The molecule has 10 nitrogen and oxygen atoms in total. The van der Waals surface area contributed by atoms with E-state index in [-0.39, 0.29) is 0 Å². The van der Waals surface area contributed by atoms with E-state index in [1.54, 1.807) is 30.1 Å². The van der Waals surface area contributed by atoms with Crippen LogP contribution in [0.5, 0.6) is 5.75 Å². The molecule has 1 aromatic carbocycles. The highest BCUT2D eigenvalue weighted by atomic mass is 32.1. The molecule has 0 saturated heterocycles. The van der Waals surface area contributed by atoms with Crippen molar-refractivity contribution in [1.29, 1.82) is 0 Å². The first-order valence-electron chi connectivity index (χ1n) is 9.96. The van der Waals surface area contributed by atoms with Crippen LogP contribution in [0.3, 0.4) is 0 Å². The highest BCUT2D eigenvalue weighted by Gasteiger charge is 2.04. The van der Waals surface area contributed by atoms with Gasteiger partial charge >= 0.3 is 11.9 Å². The third kappa shape index (κ3) is 8.20. The average molecular weight is 480 g/mol. The molecule has 0 saturated carbocycles. The SMILES string of the molecule is O=C(O)/C=C/C(=O)O.c1cc(Nc2nccc(-c3cccs3)n2)cc(OCCn2ccnc2)c1. The summed E-state index contributed by atoms with van der Waals surface area (Å²) in [7, 11) is 0. The first kappa shape index (κ1) is 24.1. The van der Waals surface area contributed by atoms with Gasteiger partial charge in [0, 0.05) is 42.5 Å². The first-order chi connectivity index (χ1) is 16.5. The van der Waals surface area contributed by atoms with E-state index in [0.29, 0.717) is 24.7 Å². The summed E-state index contributed by atoms with van der Waals surface area (Å²) in [5.74, 6) is -1.16. The topological polar surface area (TPSA) is 139 Å². The van der Waals surface area contributed by atoms with Crippen LogP contribution in [0.1, 0.15) is 0 Å². The van der Waals surface area contributed by atoms with Crippen molar-refractivity contribution >= 4 is 34.9 Å². The Morgan fingerprint density at radius 3 is 2.59 bits per heavy atom. The maximum absolute atomic E-state index is 9.55. The van der Waals surface area contributed by atoms with Gasteiger partial charge in [0.15, 0.2) is 0 Å². The number of nitrogens with zero attached hydrogens (tertiary/aromatic N) is 4. The Morgan fingerprint density at radius 2 is 1.91 bits per heavy atom. The molecule has 0 bridgehead atoms. The van der Waals surface area contributed by atoms with Crippen molar-refractivity contribution in [2.75, 3.05) is 11.9 Å². The van der Waals surface area contributed by atoms with Crippen molar-refractivity contribution in [1.82, 2.24) is 19.5 Å². The molecule has 3 heterocycles. The van der Waals surface area contributed by atoms with E-state index in [4.69, 9.17) is 14.9 Å². The predicted molar refractivity (Wildman–Crippen MR) is 127 cm³/mol. The summed E-state index contributed by atoms with van der Waals surface area (Å²) < 4.78 is 7.79. The number of carboxylic acids is 2. The van der Waals surface area contributed by atoms with Gasteiger partial charge in [-0.2, -0.15) is 0 Å². The maximum atomic E-state index is 9.55. The number of hydrogen-bond donors (Lipinski definition) is 3. The normalized spacial score (nSPS) is 10.4. The third-order valence-corrected chi connectivity index (χ3v) is 4.96. The molecule has 4 rings (SSSR count). The largest absolute Gasteiger partial charge is 0.492 e. The minimum Gasteiger partial charge on any atom is -0.492 e. The van der Waals surface area contributed by atoms with Gasteiger partial charge in [0.25, 0.3) is 0 Å². The molecule has 3 N–H and O–H groups in total. The highest BCUT2D eigenvalue weighted by Crippen LogP contribution is 2.24. The van der Waals surface area contributed by atoms with E-state index in [0.717, 1.165) is 28.6 Å². The van der Waals surface area contributed by atoms with Crippen LogP contribution in [0.15, 0.2) is 84.9 Å². The maximum Gasteiger partial charge on any atom is 0.328 e. The Hall–Kier alpha value is -4.51. The summed E-state index contributed by atoms with van der Waals surface area (Å²) in [5, 5.41) is 20.9. The number of aromatic nitrogens is 4. The molecule has 174 valence electrons. The summed E-state index contributed by atoms with van der Waals surface area (Å²) >= 11 is 1.66. The lowest BCUT2D eigenvalue weighted by molar-refractivity contribution is -0.134. The van der Waals surface area contributed by atoms with Crippen molar-refractivity contribution in [2.45, 2.75) is 6.54 Å². The number of ether oxygens (including phenoxy) is 1. The number of rotatable bonds is 9. The summed E-state index contributed by atoms with van der Waals surface area (Å²) in [4.78, 5) is 33.1. The zero-order valence-corrected chi connectivity index (χ0v) is 18.6. The number of nitrogens with one attached hydrogen (secondary N) is 1.